The van der Waals surface area contributed by atoms with Gasteiger partial charge in [-0.15, -0.1) is 0 Å². The Morgan fingerprint density at radius 3 is 2.51 bits per heavy atom. The molecule has 1 N–H and O–H groups in total. The average molecular weight is 476 g/mol. The molecule has 8 heteroatoms. The number of ether oxygens (including phenoxy) is 2. The van der Waals surface area contributed by atoms with E-state index < -0.39 is 5.97 Å². The van der Waals surface area contributed by atoms with E-state index in [-0.39, 0.29) is 12.5 Å². The smallest absolute Gasteiger partial charge is 0.303 e. The monoisotopic (exact) mass is 475 g/mol. The van der Waals surface area contributed by atoms with Gasteiger partial charge in [0, 0.05) is 24.1 Å². The molecule has 2 heterocycles. The average Bonchev–Trinajstić information content (AvgIpc) is 3.25. The van der Waals surface area contributed by atoms with Crippen LogP contribution >= 0.6 is 0 Å². The predicted molar refractivity (Wildman–Crippen MR) is 134 cm³/mol. The van der Waals surface area contributed by atoms with E-state index in [0.29, 0.717) is 42.3 Å². The maximum absolute atomic E-state index is 10.8. The summed E-state index contributed by atoms with van der Waals surface area (Å²) in [7, 11) is 3.59. The Bertz CT molecular complexity index is 1270. The van der Waals surface area contributed by atoms with Crippen molar-refractivity contribution in [2.45, 2.75) is 25.9 Å². The van der Waals surface area contributed by atoms with Gasteiger partial charge >= 0.3 is 5.97 Å². The fraction of sp³-hybridized carbons (Fsp3) is 0.296. The van der Waals surface area contributed by atoms with Crippen LogP contribution in [0.4, 0.5) is 0 Å². The molecule has 0 saturated heterocycles. The highest BCUT2D eigenvalue weighted by Gasteiger charge is 2.24. The molecule has 2 aromatic heterocycles. The number of carboxylic acid groups (broad SMARTS) is 1. The normalized spacial score (nSPS) is 12.1. The number of methoxy groups -OCH3 is 1. The fourth-order valence-electron chi connectivity index (χ4n) is 4.08. The summed E-state index contributed by atoms with van der Waals surface area (Å²) in [4.78, 5) is 21.7. The first-order chi connectivity index (χ1) is 17.0. The molecular formula is C27H29N3O5. The number of likely N-dealkylation sites (N-methyl/N-ethyl adjacent to an activating group) is 1. The van der Waals surface area contributed by atoms with Crippen molar-refractivity contribution >= 4 is 17.1 Å². The van der Waals surface area contributed by atoms with Crippen LogP contribution in [0.5, 0.6) is 11.6 Å². The van der Waals surface area contributed by atoms with Crippen LogP contribution in [0.1, 0.15) is 19.8 Å². The molecule has 4 rings (SSSR count). The van der Waals surface area contributed by atoms with Crippen molar-refractivity contribution in [3.8, 4) is 34.1 Å². The molecule has 0 spiro atoms. The molecule has 0 fully saturated rings. The first kappa shape index (κ1) is 24.2. The highest BCUT2D eigenvalue weighted by molar-refractivity contribution is 6.03. The number of aliphatic carboxylic acids is 1. The van der Waals surface area contributed by atoms with E-state index in [2.05, 4.69) is 14.9 Å². The van der Waals surface area contributed by atoms with Crippen LogP contribution in [0.25, 0.3) is 33.6 Å². The number of aromatic nitrogens is 2. The van der Waals surface area contributed by atoms with Gasteiger partial charge in [0.15, 0.2) is 0 Å². The number of hydrogen-bond donors (Lipinski definition) is 1. The molecule has 0 amide bonds. The van der Waals surface area contributed by atoms with Crippen LogP contribution in [0.15, 0.2) is 65.3 Å². The Morgan fingerprint density at radius 2 is 1.83 bits per heavy atom. The van der Waals surface area contributed by atoms with E-state index in [1.807, 2.05) is 68.6 Å². The zero-order chi connectivity index (χ0) is 24.8. The summed E-state index contributed by atoms with van der Waals surface area (Å²) in [5.41, 5.74) is 3.16. The maximum Gasteiger partial charge on any atom is 0.303 e. The van der Waals surface area contributed by atoms with Gasteiger partial charge in [-0.3, -0.25) is 4.79 Å². The van der Waals surface area contributed by atoms with E-state index in [0.717, 1.165) is 22.4 Å². The Balaban J connectivity index is 1.69. The molecule has 0 radical (unpaired) electrons. The van der Waals surface area contributed by atoms with Crippen LogP contribution in [-0.4, -0.2) is 59.3 Å². The van der Waals surface area contributed by atoms with Crippen molar-refractivity contribution in [3.63, 3.8) is 0 Å². The quantitative estimate of drug-likeness (QED) is 0.319. The molecule has 0 aliphatic carbocycles. The predicted octanol–water partition coefficient (Wildman–Crippen LogP) is 5.13. The lowest BCUT2D eigenvalue weighted by molar-refractivity contribution is -0.137. The molecule has 0 aliphatic heterocycles. The van der Waals surface area contributed by atoms with Crippen molar-refractivity contribution in [3.05, 3.63) is 60.9 Å². The van der Waals surface area contributed by atoms with Gasteiger partial charge < -0.3 is 23.9 Å². The van der Waals surface area contributed by atoms with Crippen molar-refractivity contribution in [1.29, 1.82) is 0 Å². The molecule has 1 unspecified atom stereocenters. The summed E-state index contributed by atoms with van der Waals surface area (Å²) in [5, 5.41) is 9.57. The lowest BCUT2D eigenvalue weighted by atomic mass is 9.99. The van der Waals surface area contributed by atoms with E-state index >= 15 is 0 Å². The van der Waals surface area contributed by atoms with Crippen LogP contribution < -0.4 is 9.47 Å². The van der Waals surface area contributed by atoms with Crippen LogP contribution in [0.3, 0.4) is 0 Å². The third kappa shape index (κ3) is 5.78. The van der Waals surface area contributed by atoms with Gasteiger partial charge in [0.2, 0.25) is 11.6 Å². The summed E-state index contributed by atoms with van der Waals surface area (Å²) < 4.78 is 17.9. The summed E-state index contributed by atoms with van der Waals surface area (Å²) >= 11 is 0. The number of carboxylic acids is 1. The molecule has 0 bridgehead atoms. The first-order valence-corrected chi connectivity index (χ1v) is 11.5. The van der Waals surface area contributed by atoms with E-state index in [1.54, 1.807) is 7.11 Å². The number of hydrogen-bond acceptors (Lipinski definition) is 7. The zero-order valence-electron chi connectivity index (χ0n) is 20.1. The van der Waals surface area contributed by atoms with Crippen LogP contribution in [0.2, 0.25) is 0 Å². The first-order valence-electron chi connectivity index (χ1n) is 11.5. The van der Waals surface area contributed by atoms with Crippen molar-refractivity contribution < 1.29 is 23.8 Å². The molecule has 4 aromatic rings. The minimum absolute atomic E-state index is 0.147. The highest BCUT2D eigenvalue weighted by Crippen LogP contribution is 2.43. The van der Waals surface area contributed by atoms with Gasteiger partial charge in [0.1, 0.15) is 29.3 Å². The Morgan fingerprint density at radius 1 is 1.09 bits per heavy atom. The minimum Gasteiger partial charge on any atom is -0.497 e. The molecule has 0 saturated carbocycles. The van der Waals surface area contributed by atoms with Crippen LogP contribution in [0, 0.1) is 0 Å². The zero-order valence-corrected chi connectivity index (χ0v) is 20.1. The second kappa shape index (κ2) is 11.0. The number of nitrogens with zero attached hydrogens (tertiary/aromatic N) is 3. The van der Waals surface area contributed by atoms with E-state index in [9.17, 15) is 4.79 Å². The minimum atomic E-state index is -0.786. The Kier molecular flexibility index (Phi) is 7.62. The summed E-state index contributed by atoms with van der Waals surface area (Å²) in [5.74, 6) is 1.11. The topological polar surface area (TPSA) is 97.9 Å². The van der Waals surface area contributed by atoms with Crippen molar-refractivity contribution in [2.75, 3.05) is 27.2 Å². The van der Waals surface area contributed by atoms with Crippen molar-refractivity contribution in [1.82, 2.24) is 14.9 Å². The molecule has 35 heavy (non-hydrogen) atoms. The van der Waals surface area contributed by atoms with Gasteiger partial charge in [-0.2, -0.15) is 0 Å². The van der Waals surface area contributed by atoms with Crippen LogP contribution in [-0.2, 0) is 4.79 Å². The van der Waals surface area contributed by atoms with Gasteiger partial charge in [-0.1, -0.05) is 42.5 Å². The maximum atomic E-state index is 10.8. The number of carbonyl (C=O) groups is 1. The molecule has 8 nitrogen and oxygen atoms in total. The molecular weight excluding hydrogens is 446 g/mol. The van der Waals surface area contributed by atoms with E-state index in [1.165, 1.54) is 6.33 Å². The number of furan rings is 1. The summed E-state index contributed by atoms with van der Waals surface area (Å²) in [6.07, 6.45) is 1.98. The standard InChI is InChI=1S/C27H29N3O5/c1-18(16-30(2)15-7-10-22(31)32)34-26-24-23(19-11-13-21(33-3)14-12-19)25(20-8-5-4-6-9-20)35-27(24)29-17-28-26/h4-6,8-9,11-14,17-18H,7,10,15-16H2,1-3H3,(H,31,32). The lowest BCUT2D eigenvalue weighted by Gasteiger charge is -2.21. The lowest BCUT2D eigenvalue weighted by Crippen LogP contribution is -2.32. The SMILES string of the molecule is COc1ccc(-c2c(-c3ccccc3)oc3ncnc(OC(C)CN(C)CCCC(=O)O)c23)cc1. The third-order valence-corrected chi connectivity index (χ3v) is 5.68. The highest BCUT2D eigenvalue weighted by atomic mass is 16.5. The van der Waals surface area contributed by atoms with Gasteiger partial charge in [-0.05, 0) is 44.6 Å². The second-order valence-corrected chi connectivity index (χ2v) is 8.45. The Hall–Kier alpha value is -3.91. The van der Waals surface area contributed by atoms with Crippen molar-refractivity contribution in [2.24, 2.45) is 0 Å². The van der Waals surface area contributed by atoms with Gasteiger partial charge in [0.05, 0.1) is 7.11 Å². The second-order valence-electron chi connectivity index (χ2n) is 8.45. The third-order valence-electron chi connectivity index (χ3n) is 5.68. The summed E-state index contributed by atoms with van der Waals surface area (Å²) in [6, 6.07) is 17.6. The molecule has 0 aliphatic rings. The molecule has 2 aromatic carbocycles. The fourth-order valence-corrected chi connectivity index (χ4v) is 4.08. The van der Waals surface area contributed by atoms with Gasteiger partial charge in [0.25, 0.3) is 0 Å². The number of rotatable bonds is 11. The summed E-state index contributed by atoms with van der Waals surface area (Å²) in [6.45, 7) is 3.25. The molecule has 1 atom stereocenters. The molecule has 182 valence electrons. The number of benzene rings is 2. The largest absolute Gasteiger partial charge is 0.497 e. The van der Waals surface area contributed by atoms with E-state index in [4.69, 9.17) is 19.0 Å². The van der Waals surface area contributed by atoms with Gasteiger partial charge in [-0.25, -0.2) is 9.97 Å². The Labute approximate surface area is 204 Å². The number of fused-ring (bicyclic) bond motifs is 1.